The van der Waals surface area contributed by atoms with Gasteiger partial charge in [0.05, 0.1) is 6.61 Å². The van der Waals surface area contributed by atoms with Crippen molar-refractivity contribution < 1.29 is 14.2 Å². The predicted octanol–water partition coefficient (Wildman–Crippen LogP) is 2.18. The first-order valence-corrected chi connectivity index (χ1v) is 7.38. The zero-order valence-corrected chi connectivity index (χ0v) is 12.0. The van der Waals surface area contributed by atoms with E-state index in [1.165, 1.54) is 25.8 Å². The molecule has 1 N–H and O–H groups in total. The Morgan fingerprint density at radius 3 is 2.56 bits per heavy atom. The summed E-state index contributed by atoms with van der Waals surface area (Å²) in [6.45, 7) is 9.29. The summed E-state index contributed by atoms with van der Waals surface area (Å²) < 4.78 is 16.6. The first-order valence-electron chi connectivity index (χ1n) is 7.38. The van der Waals surface area contributed by atoms with Gasteiger partial charge in [0, 0.05) is 26.2 Å². The fourth-order valence-corrected chi connectivity index (χ4v) is 2.29. The number of rotatable bonds is 10. The largest absolute Gasteiger partial charge is 0.381 e. The molecule has 1 aliphatic heterocycles. The average molecular weight is 259 g/mol. The second-order valence-electron chi connectivity index (χ2n) is 4.74. The SMILES string of the molecule is CCOC(CCOCCC1CCCNC1)OCC. The highest BCUT2D eigenvalue weighted by molar-refractivity contribution is 4.68. The molecule has 1 fully saturated rings. The van der Waals surface area contributed by atoms with Gasteiger partial charge in [0.15, 0.2) is 6.29 Å². The molecule has 1 saturated heterocycles. The van der Waals surface area contributed by atoms with E-state index in [-0.39, 0.29) is 6.29 Å². The smallest absolute Gasteiger partial charge is 0.159 e. The lowest BCUT2D eigenvalue weighted by Crippen LogP contribution is -2.30. The Morgan fingerprint density at radius 2 is 1.94 bits per heavy atom. The van der Waals surface area contributed by atoms with Gasteiger partial charge in [0.2, 0.25) is 0 Å². The molecule has 0 spiro atoms. The third-order valence-corrected chi connectivity index (χ3v) is 3.27. The van der Waals surface area contributed by atoms with Crippen LogP contribution in [0.3, 0.4) is 0 Å². The second kappa shape index (κ2) is 10.7. The van der Waals surface area contributed by atoms with Crippen molar-refractivity contribution in [1.82, 2.24) is 5.32 Å². The van der Waals surface area contributed by atoms with Crippen LogP contribution in [0.4, 0.5) is 0 Å². The second-order valence-corrected chi connectivity index (χ2v) is 4.74. The quantitative estimate of drug-likeness (QED) is 0.482. The zero-order valence-electron chi connectivity index (χ0n) is 12.0. The van der Waals surface area contributed by atoms with Gasteiger partial charge < -0.3 is 19.5 Å². The van der Waals surface area contributed by atoms with E-state index in [1.807, 2.05) is 13.8 Å². The molecule has 1 aliphatic rings. The van der Waals surface area contributed by atoms with Crippen molar-refractivity contribution >= 4 is 0 Å². The molecule has 1 atom stereocenters. The highest BCUT2D eigenvalue weighted by Crippen LogP contribution is 2.13. The van der Waals surface area contributed by atoms with Crippen LogP contribution in [0, 0.1) is 5.92 Å². The Morgan fingerprint density at radius 1 is 1.17 bits per heavy atom. The van der Waals surface area contributed by atoms with Gasteiger partial charge in [-0.3, -0.25) is 0 Å². The Labute approximate surface area is 111 Å². The van der Waals surface area contributed by atoms with Crippen molar-refractivity contribution in [2.75, 3.05) is 39.5 Å². The van der Waals surface area contributed by atoms with Crippen LogP contribution < -0.4 is 5.32 Å². The fourth-order valence-electron chi connectivity index (χ4n) is 2.29. The summed E-state index contributed by atoms with van der Waals surface area (Å²) in [4.78, 5) is 0. The molecule has 1 rings (SSSR count). The molecule has 1 unspecified atom stereocenters. The van der Waals surface area contributed by atoms with E-state index in [0.29, 0.717) is 13.2 Å². The van der Waals surface area contributed by atoms with Crippen LogP contribution in [0.25, 0.3) is 0 Å². The van der Waals surface area contributed by atoms with Gasteiger partial charge in [-0.2, -0.15) is 0 Å². The molecule has 4 heteroatoms. The lowest BCUT2D eigenvalue weighted by molar-refractivity contribution is -0.146. The number of hydrogen-bond donors (Lipinski definition) is 1. The maximum atomic E-state index is 5.67. The third kappa shape index (κ3) is 7.31. The summed E-state index contributed by atoms with van der Waals surface area (Å²) in [5.41, 5.74) is 0. The number of hydrogen-bond acceptors (Lipinski definition) is 4. The Hall–Kier alpha value is -0.160. The molecule has 0 aromatic carbocycles. The summed E-state index contributed by atoms with van der Waals surface area (Å²) >= 11 is 0. The van der Waals surface area contributed by atoms with Gasteiger partial charge in [0.25, 0.3) is 0 Å². The predicted molar refractivity (Wildman–Crippen MR) is 72.7 cm³/mol. The lowest BCUT2D eigenvalue weighted by Gasteiger charge is -2.22. The molecule has 0 amide bonds. The van der Waals surface area contributed by atoms with E-state index in [1.54, 1.807) is 0 Å². The van der Waals surface area contributed by atoms with Crippen LogP contribution in [0.5, 0.6) is 0 Å². The maximum absolute atomic E-state index is 5.67. The van der Waals surface area contributed by atoms with Gasteiger partial charge in [-0.05, 0) is 52.1 Å². The molecule has 0 bridgehead atoms. The van der Waals surface area contributed by atoms with Crippen LogP contribution >= 0.6 is 0 Å². The van der Waals surface area contributed by atoms with Crippen molar-refractivity contribution in [2.45, 2.75) is 45.8 Å². The minimum Gasteiger partial charge on any atom is -0.381 e. The van der Waals surface area contributed by atoms with E-state index >= 15 is 0 Å². The maximum Gasteiger partial charge on any atom is 0.159 e. The van der Waals surface area contributed by atoms with E-state index in [9.17, 15) is 0 Å². The topological polar surface area (TPSA) is 39.7 Å². The summed E-state index contributed by atoms with van der Waals surface area (Å²) in [6.07, 6.45) is 4.54. The Kier molecular flexibility index (Phi) is 9.48. The van der Waals surface area contributed by atoms with Gasteiger partial charge in [-0.25, -0.2) is 0 Å². The van der Waals surface area contributed by atoms with E-state index in [4.69, 9.17) is 14.2 Å². The molecule has 4 nitrogen and oxygen atoms in total. The number of ether oxygens (including phenoxy) is 3. The first-order chi connectivity index (χ1) is 8.86. The third-order valence-electron chi connectivity index (χ3n) is 3.27. The minimum absolute atomic E-state index is 0.101. The lowest BCUT2D eigenvalue weighted by atomic mass is 9.97. The van der Waals surface area contributed by atoms with Gasteiger partial charge in [-0.15, -0.1) is 0 Å². The molecule has 0 aliphatic carbocycles. The molecule has 1 heterocycles. The molecule has 0 aromatic rings. The molecule has 108 valence electrons. The Bertz CT molecular complexity index is 178. The van der Waals surface area contributed by atoms with Gasteiger partial charge in [0.1, 0.15) is 0 Å². The van der Waals surface area contributed by atoms with Crippen molar-refractivity contribution in [3.05, 3.63) is 0 Å². The summed E-state index contributed by atoms with van der Waals surface area (Å²) in [6, 6.07) is 0. The normalized spacial score (nSPS) is 20.5. The van der Waals surface area contributed by atoms with Crippen LogP contribution in [0.15, 0.2) is 0 Å². The van der Waals surface area contributed by atoms with Crippen LogP contribution in [0.2, 0.25) is 0 Å². The van der Waals surface area contributed by atoms with Gasteiger partial charge in [-0.1, -0.05) is 0 Å². The highest BCUT2D eigenvalue weighted by Gasteiger charge is 2.12. The van der Waals surface area contributed by atoms with Gasteiger partial charge >= 0.3 is 0 Å². The summed E-state index contributed by atoms with van der Waals surface area (Å²) in [7, 11) is 0. The monoisotopic (exact) mass is 259 g/mol. The van der Waals surface area contributed by atoms with E-state index < -0.39 is 0 Å². The molecule has 18 heavy (non-hydrogen) atoms. The van der Waals surface area contributed by atoms with E-state index in [2.05, 4.69) is 5.32 Å². The minimum atomic E-state index is -0.101. The number of nitrogens with one attached hydrogen (secondary N) is 1. The van der Waals surface area contributed by atoms with E-state index in [0.717, 1.165) is 32.1 Å². The molecule has 0 radical (unpaired) electrons. The Balaban J connectivity index is 1.95. The standard InChI is InChI=1S/C14H29NO3/c1-3-17-14(18-4-2)8-11-16-10-7-13-6-5-9-15-12-13/h13-15H,3-12H2,1-2H3. The van der Waals surface area contributed by atoms with Crippen LogP contribution in [0.1, 0.15) is 39.5 Å². The first kappa shape index (κ1) is 15.9. The molecule has 0 saturated carbocycles. The van der Waals surface area contributed by atoms with Crippen molar-refractivity contribution in [2.24, 2.45) is 5.92 Å². The van der Waals surface area contributed by atoms with Crippen molar-refractivity contribution in [3.8, 4) is 0 Å². The van der Waals surface area contributed by atoms with Crippen LogP contribution in [-0.2, 0) is 14.2 Å². The van der Waals surface area contributed by atoms with Crippen LogP contribution in [-0.4, -0.2) is 45.8 Å². The fraction of sp³-hybridized carbons (Fsp3) is 1.00. The highest BCUT2D eigenvalue weighted by atomic mass is 16.7. The van der Waals surface area contributed by atoms with Crippen molar-refractivity contribution in [1.29, 1.82) is 0 Å². The summed E-state index contributed by atoms with van der Waals surface area (Å²) in [5, 5.41) is 3.43. The molecular formula is C14H29NO3. The van der Waals surface area contributed by atoms with Crippen molar-refractivity contribution in [3.63, 3.8) is 0 Å². The molecule has 0 aromatic heterocycles. The zero-order chi connectivity index (χ0) is 13.1. The number of piperidine rings is 1. The summed E-state index contributed by atoms with van der Waals surface area (Å²) in [5.74, 6) is 0.799. The molecular weight excluding hydrogens is 230 g/mol. The average Bonchev–Trinajstić information content (AvgIpc) is 2.40.